The van der Waals surface area contributed by atoms with Gasteiger partial charge in [-0.1, -0.05) is 12.1 Å². The first-order valence-corrected chi connectivity index (χ1v) is 9.35. The molecule has 1 aliphatic heterocycles. The number of nitrogens with one attached hydrogen (secondary N) is 2. The standard InChI is InChI=1S/C21H19F3N4O2/c22-21(23,24)17-2-1-3-19(9-17)30-13-28-12-18(11-26-28)27-20(29)15-4-5-16-10-25-7-6-14(16)8-15/h1-5,8-9,11-12,25H,6-7,10,13H2,(H,27,29). The van der Waals surface area contributed by atoms with Crippen LogP contribution in [0.4, 0.5) is 18.9 Å². The Morgan fingerprint density at radius 2 is 2.07 bits per heavy atom. The fraction of sp³-hybridized carbons (Fsp3) is 0.238. The highest BCUT2D eigenvalue weighted by atomic mass is 19.4. The largest absolute Gasteiger partial charge is 0.471 e. The molecule has 2 N–H and O–H groups in total. The summed E-state index contributed by atoms with van der Waals surface area (Å²) in [5.74, 6) is -0.177. The second kappa shape index (κ2) is 8.19. The third kappa shape index (κ3) is 4.62. The van der Waals surface area contributed by atoms with Gasteiger partial charge in [-0.2, -0.15) is 18.3 Å². The number of anilines is 1. The lowest BCUT2D eigenvalue weighted by Gasteiger charge is -2.17. The van der Waals surface area contributed by atoms with Crippen LogP contribution in [0.25, 0.3) is 0 Å². The van der Waals surface area contributed by atoms with Gasteiger partial charge in [0.05, 0.1) is 23.6 Å². The van der Waals surface area contributed by atoms with E-state index in [1.165, 1.54) is 28.6 Å². The first-order valence-electron chi connectivity index (χ1n) is 9.35. The number of rotatable bonds is 5. The zero-order valence-corrected chi connectivity index (χ0v) is 15.9. The first-order chi connectivity index (χ1) is 14.4. The molecule has 6 nitrogen and oxygen atoms in total. The van der Waals surface area contributed by atoms with E-state index in [0.717, 1.165) is 37.2 Å². The van der Waals surface area contributed by atoms with Crippen LogP contribution in [0.2, 0.25) is 0 Å². The second-order valence-electron chi connectivity index (χ2n) is 6.93. The van der Waals surface area contributed by atoms with E-state index in [9.17, 15) is 18.0 Å². The topological polar surface area (TPSA) is 68.2 Å². The molecule has 0 saturated carbocycles. The van der Waals surface area contributed by atoms with Gasteiger partial charge >= 0.3 is 6.18 Å². The Balaban J connectivity index is 1.37. The second-order valence-corrected chi connectivity index (χ2v) is 6.93. The van der Waals surface area contributed by atoms with Crippen LogP contribution in [0.5, 0.6) is 5.75 Å². The van der Waals surface area contributed by atoms with Crippen molar-refractivity contribution in [3.63, 3.8) is 0 Å². The molecule has 1 aromatic heterocycles. The van der Waals surface area contributed by atoms with Gasteiger partial charge in [-0.05, 0) is 54.4 Å². The molecule has 2 aromatic carbocycles. The number of fused-ring (bicyclic) bond motifs is 1. The highest BCUT2D eigenvalue weighted by molar-refractivity contribution is 6.04. The maximum atomic E-state index is 12.8. The van der Waals surface area contributed by atoms with Crippen LogP contribution < -0.4 is 15.4 Å². The summed E-state index contributed by atoms with van der Waals surface area (Å²) in [6, 6.07) is 10.2. The summed E-state index contributed by atoms with van der Waals surface area (Å²) < 4.78 is 45.1. The zero-order valence-electron chi connectivity index (χ0n) is 15.9. The Morgan fingerprint density at radius 1 is 1.20 bits per heavy atom. The van der Waals surface area contributed by atoms with Gasteiger partial charge in [0.1, 0.15) is 5.75 Å². The van der Waals surface area contributed by atoms with Crippen molar-refractivity contribution in [1.82, 2.24) is 15.1 Å². The minimum atomic E-state index is -4.43. The number of alkyl halides is 3. The molecule has 30 heavy (non-hydrogen) atoms. The van der Waals surface area contributed by atoms with Crippen molar-refractivity contribution in [3.8, 4) is 5.75 Å². The molecule has 0 radical (unpaired) electrons. The molecule has 2 heterocycles. The third-order valence-electron chi connectivity index (χ3n) is 4.77. The summed E-state index contributed by atoms with van der Waals surface area (Å²) in [4.78, 5) is 12.5. The molecule has 0 aliphatic carbocycles. The van der Waals surface area contributed by atoms with E-state index in [2.05, 4.69) is 15.7 Å². The number of halogens is 3. The first kappa shape index (κ1) is 20.0. The minimum Gasteiger partial charge on any atom is -0.471 e. The fourth-order valence-electron chi connectivity index (χ4n) is 3.22. The normalized spacial score (nSPS) is 13.6. The van der Waals surface area contributed by atoms with Crippen LogP contribution in [0, 0.1) is 0 Å². The number of carbonyl (C=O) groups is 1. The van der Waals surface area contributed by atoms with E-state index in [1.807, 2.05) is 12.1 Å². The van der Waals surface area contributed by atoms with Crippen LogP contribution in [0.1, 0.15) is 27.0 Å². The molecule has 0 bridgehead atoms. The van der Waals surface area contributed by atoms with Crippen molar-refractivity contribution in [2.75, 3.05) is 11.9 Å². The average Bonchev–Trinajstić information content (AvgIpc) is 3.19. The number of aromatic nitrogens is 2. The van der Waals surface area contributed by atoms with Crippen molar-refractivity contribution < 1.29 is 22.7 Å². The molecule has 1 amide bonds. The van der Waals surface area contributed by atoms with Gasteiger partial charge in [0.15, 0.2) is 6.73 Å². The lowest BCUT2D eigenvalue weighted by atomic mass is 9.98. The lowest BCUT2D eigenvalue weighted by Crippen LogP contribution is -2.24. The summed E-state index contributed by atoms with van der Waals surface area (Å²) in [6.07, 6.45) is -0.555. The highest BCUT2D eigenvalue weighted by Crippen LogP contribution is 2.31. The predicted molar refractivity (Wildman–Crippen MR) is 104 cm³/mol. The van der Waals surface area contributed by atoms with E-state index < -0.39 is 11.7 Å². The quantitative estimate of drug-likeness (QED) is 0.663. The number of nitrogens with zero attached hydrogens (tertiary/aromatic N) is 2. The molecule has 0 unspecified atom stereocenters. The van der Waals surface area contributed by atoms with E-state index in [1.54, 1.807) is 12.3 Å². The lowest BCUT2D eigenvalue weighted by molar-refractivity contribution is -0.137. The number of hydrogen-bond donors (Lipinski definition) is 2. The molecule has 0 atom stereocenters. The van der Waals surface area contributed by atoms with Crippen molar-refractivity contribution >= 4 is 11.6 Å². The monoisotopic (exact) mass is 416 g/mol. The van der Waals surface area contributed by atoms with Gasteiger partial charge in [0, 0.05) is 12.1 Å². The van der Waals surface area contributed by atoms with Gasteiger partial charge in [0.25, 0.3) is 5.91 Å². The van der Waals surface area contributed by atoms with E-state index >= 15 is 0 Å². The summed E-state index contributed by atoms with van der Waals surface area (Å²) >= 11 is 0. The molecule has 156 valence electrons. The van der Waals surface area contributed by atoms with E-state index in [-0.39, 0.29) is 18.4 Å². The smallest absolute Gasteiger partial charge is 0.416 e. The summed E-state index contributed by atoms with van der Waals surface area (Å²) in [7, 11) is 0. The van der Waals surface area contributed by atoms with Gasteiger partial charge in [-0.3, -0.25) is 4.79 Å². The molecule has 4 rings (SSSR count). The Morgan fingerprint density at radius 3 is 2.90 bits per heavy atom. The predicted octanol–water partition coefficient (Wildman–Crippen LogP) is 3.84. The molecule has 1 aliphatic rings. The maximum absolute atomic E-state index is 12.8. The molecule has 3 aromatic rings. The molecule has 0 spiro atoms. The van der Waals surface area contributed by atoms with Gasteiger partial charge in [0.2, 0.25) is 0 Å². The Kier molecular flexibility index (Phi) is 5.45. The highest BCUT2D eigenvalue weighted by Gasteiger charge is 2.30. The van der Waals surface area contributed by atoms with Crippen LogP contribution in [0.15, 0.2) is 54.9 Å². The molecule has 9 heteroatoms. The Bertz CT molecular complexity index is 1060. The number of carbonyl (C=O) groups excluding carboxylic acids is 1. The molecule has 0 fully saturated rings. The van der Waals surface area contributed by atoms with Crippen molar-refractivity contribution in [2.45, 2.75) is 25.9 Å². The van der Waals surface area contributed by atoms with E-state index in [0.29, 0.717) is 11.3 Å². The van der Waals surface area contributed by atoms with Crippen molar-refractivity contribution in [2.24, 2.45) is 0 Å². The van der Waals surface area contributed by atoms with Crippen LogP contribution >= 0.6 is 0 Å². The van der Waals surface area contributed by atoms with Crippen molar-refractivity contribution in [1.29, 1.82) is 0 Å². The number of benzene rings is 2. The van der Waals surface area contributed by atoms with Gasteiger partial charge < -0.3 is 15.4 Å². The van der Waals surface area contributed by atoms with Gasteiger partial charge in [-0.15, -0.1) is 0 Å². The number of hydrogen-bond acceptors (Lipinski definition) is 4. The summed E-state index contributed by atoms with van der Waals surface area (Å²) in [6.45, 7) is 1.59. The Labute approximate surface area is 170 Å². The van der Waals surface area contributed by atoms with Crippen molar-refractivity contribution in [3.05, 3.63) is 77.1 Å². The zero-order chi connectivity index (χ0) is 21.1. The molecular weight excluding hydrogens is 397 g/mol. The average molecular weight is 416 g/mol. The Hall–Kier alpha value is -3.33. The summed E-state index contributed by atoms with van der Waals surface area (Å²) in [5.41, 5.74) is 2.59. The van der Waals surface area contributed by atoms with Gasteiger partial charge in [-0.25, -0.2) is 4.68 Å². The van der Waals surface area contributed by atoms with E-state index in [4.69, 9.17) is 4.74 Å². The fourth-order valence-corrected chi connectivity index (χ4v) is 3.22. The summed E-state index contributed by atoms with van der Waals surface area (Å²) in [5, 5.41) is 10.1. The molecular formula is C21H19F3N4O2. The number of amides is 1. The van der Waals surface area contributed by atoms with Crippen LogP contribution in [-0.2, 0) is 25.9 Å². The van der Waals surface area contributed by atoms with Crippen LogP contribution in [0.3, 0.4) is 0 Å². The molecule has 0 saturated heterocycles. The minimum absolute atomic E-state index is 0.0782. The number of ether oxygens (including phenoxy) is 1. The SMILES string of the molecule is O=C(Nc1cnn(COc2cccc(C(F)(F)F)c2)c1)c1ccc2c(c1)CCNC2. The van der Waals surface area contributed by atoms with Crippen LogP contribution in [-0.4, -0.2) is 22.2 Å². The maximum Gasteiger partial charge on any atom is 0.416 e. The third-order valence-corrected chi connectivity index (χ3v) is 4.77.